The lowest BCUT2D eigenvalue weighted by molar-refractivity contribution is -0.134. The first-order valence-corrected chi connectivity index (χ1v) is 11.0. The van der Waals surface area contributed by atoms with Gasteiger partial charge in [-0.15, -0.1) is 0 Å². The lowest BCUT2D eigenvalue weighted by atomic mass is 9.96. The number of nitrogens with zero attached hydrogens (tertiary/aromatic N) is 4. The van der Waals surface area contributed by atoms with Gasteiger partial charge in [0.25, 0.3) is 0 Å². The Labute approximate surface area is 187 Å². The number of aryl methyl sites for hydroxylation is 2. The van der Waals surface area contributed by atoms with Crippen LogP contribution < -0.4 is 5.32 Å². The molecule has 3 aromatic rings. The molecule has 0 unspecified atom stereocenters. The number of aromatic nitrogens is 3. The van der Waals surface area contributed by atoms with Crippen molar-refractivity contribution in [2.75, 3.05) is 18.4 Å². The third kappa shape index (κ3) is 5.57. The summed E-state index contributed by atoms with van der Waals surface area (Å²) in [7, 11) is 0. The van der Waals surface area contributed by atoms with Crippen molar-refractivity contribution in [3.63, 3.8) is 0 Å². The Hall–Kier alpha value is -3.55. The minimum atomic E-state index is -0.222. The van der Waals surface area contributed by atoms with Gasteiger partial charge in [-0.2, -0.15) is 4.98 Å². The van der Waals surface area contributed by atoms with E-state index in [1.54, 1.807) is 17.2 Å². The normalized spacial score (nSPS) is 16.0. The summed E-state index contributed by atoms with van der Waals surface area (Å²) >= 11 is 0. The first-order valence-electron chi connectivity index (χ1n) is 11.0. The van der Waals surface area contributed by atoms with Gasteiger partial charge in [-0.1, -0.05) is 41.6 Å². The minimum absolute atomic E-state index is 0.0544. The molecule has 32 heavy (non-hydrogen) atoms. The maximum atomic E-state index is 12.7. The summed E-state index contributed by atoms with van der Waals surface area (Å²) in [6.07, 6.45) is 4.86. The van der Waals surface area contributed by atoms with Crippen molar-refractivity contribution < 1.29 is 14.1 Å². The molecular formula is C24H27N5O3. The molecule has 2 aromatic heterocycles. The lowest BCUT2D eigenvalue weighted by Crippen LogP contribution is -2.43. The Kier molecular flexibility index (Phi) is 6.89. The molecule has 1 N–H and O–H groups in total. The third-order valence-electron chi connectivity index (χ3n) is 5.59. The van der Waals surface area contributed by atoms with Crippen molar-refractivity contribution in [1.82, 2.24) is 20.0 Å². The van der Waals surface area contributed by atoms with E-state index in [4.69, 9.17) is 4.52 Å². The number of pyridine rings is 1. The zero-order chi connectivity index (χ0) is 22.3. The Bertz CT molecular complexity index is 1050. The van der Waals surface area contributed by atoms with Crippen LogP contribution in [0.2, 0.25) is 0 Å². The molecule has 8 nitrogen and oxygen atoms in total. The first-order chi connectivity index (χ1) is 15.6. The quantitative estimate of drug-likeness (QED) is 0.610. The van der Waals surface area contributed by atoms with E-state index in [1.807, 2.05) is 43.3 Å². The van der Waals surface area contributed by atoms with E-state index in [0.29, 0.717) is 49.9 Å². The first kappa shape index (κ1) is 21.7. The van der Waals surface area contributed by atoms with Gasteiger partial charge >= 0.3 is 0 Å². The highest BCUT2D eigenvalue weighted by Gasteiger charge is 2.28. The smallest absolute Gasteiger partial charge is 0.230 e. The number of rotatable bonds is 7. The molecular weight excluding hydrogens is 406 g/mol. The van der Waals surface area contributed by atoms with Gasteiger partial charge in [-0.05, 0) is 37.8 Å². The molecule has 0 saturated carbocycles. The van der Waals surface area contributed by atoms with Crippen molar-refractivity contribution in [3.8, 4) is 11.4 Å². The van der Waals surface area contributed by atoms with E-state index >= 15 is 0 Å². The molecule has 1 fully saturated rings. The molecule has 1 atom stereocenters. The number of anilines is 1. The molecule has 2 amide bonds. The molecule has 0 bridgehead atoms. The third-order valence-corrected chi connectivity index (χ3v) is 5.59. The number of amides is 2. The molecule has 1 aromatic carbocycles. The number of benzene rings is 1. The highest BCUT2D eigenvalue weighted by Crippen LogP contribution is 2.20. The SMILES string of the molecule is Cc1ccc(NC(=O)[C@@H]2CCCN(C(=O)CCCc3nc(-c4ccccc4)no3)C2)nc1. The molecule has 1 saturated heterocycles. The summed E-state index contributed by atoms with van der Waals surface area (Å²) in [4.78, 5) is 35.7. The molecule has 4 rings (SSSR count). The highest BCUT2D eigenvalue weighted by molar-refractivity contribution is 5.92. The average Bonchev–Trinajstić information content (AvgIpc) is 3.30. The van der Waals surface area contributed by atoms with Gasteiger partial charge in [-0.25, -0.2) is 4.98 Å². The maximum absolute atomic E-state index is 12.7. The van der Waals surface area contributed by atoms with Crippen LogP contribution in [0, 0.1) is 12.8 Å². The van der Waals surface area contributed by atoms with Gasteiger partial charge in [0.05, 0.1) is 5.92 Å². The van der Waals surface area contributed by atoms with E-state index in [-0.39, 0.29) is 17.7 Å². The minimum Gasteiger partial charge on any atom is -0.342 e. The second kappa shape index (κ2) is 10.2. The molecule has 0 radical (unpaired) electrons. The van der Waals surface area contributed by atoms with Gasteiger partial charge in [0.15, 0.2) is 0 Å². The fourth-order valence-corrected chi connectivity index (χ4v) is 3.80. The van der Waals surface area contributed by atoms with Gasteiger partial charge < -0.3 is 14.7 Å². The number of hydrogen-bond acceptors (Lipinski definition) is 6. The maximum Gasteiger partial charge on any atom is 0.230 e. The Morgan fingerprint density at radius 3 is 2.81 bits per heavy atom. The molecule has 0 aliphatic carbocycles. The number of hydrogen-bond donors (Lipinski definition) is 1. The number of carbonyl (C=O) groups excluding carboxylic acids is 2. The van der Waals surface area contributed by atoms with Gasteiger partial charge in [0.1, 0.15) is 5.82 Å². The van der Waals surface area contributed by atoms with Crippen LogP contribution in [0.3, 0.4) is 0 Å². The van der Waals surface area contributed by atoms with E-state index < -0.39 is 0 Å². The largest absolute Gasteiger partial charge is 0.342 e. The molecule has 1 aliphatic heterocycles. The number of carbonyl (C=O) groups is 2. The van der Waals surface area contributed by atoms with Crippen molar-refractivity contribution in [2.24, 2.45) is 5.92 Å². The zero-order valence-corrected chi connectivity index (χ0v) is 18.2. The van der Waals surface area contributed by atoms with Gasteiger partial charge in [0.2, 0.25) is 23.5 Å². The fourth-order valence-electron chi connectivity index (χ4n) is 3.80. The topological polar surface area (TPSA) is 101 Å². The Balaban J connectivity index is 1.24. The fraction of sp³-hybridized carbons (Fsp3) is 0.375. The average molecular weight is 434 g/mol. The van der Waals surface area contributed by atoms with Gasteiger partial charge in [0, 0.05) is 37.7 Å². The van der Waals surface area contributed by atoms with Crippen LogP contribution in [0.4, 0.5) is 5.82 Å². The summed E-state index contributed by atoms with van der Waals surface area (Å²) < 4.78 is 5.31. The van der Waals surface area contributed by atoms with Gasteiger partial charge in [-0.3, -0.25) is 9.59 Å². The van der Waals surface area contributed by atoms with Crippen LogP contribution in [0.1, 0.15) is 37.1 Å². The standard InChI is InChI=1S/C24H27N5O3/c1-17-12-13-20(25-15-17)26-24(31)19-9-6-14-29(16-19)22(30)11-5-10-21-27-23(28-32-21)18-7-3-2-4-8-18/h2-4,7-8,12-13,15,19H,5-6,9-11,14,16H2,1H3,(H,25,26,31)/t19-/m1/s1. The summed E-state index contributed by atoms with van der Waals surface area (Å²) in [5.41, 5.74) is 1.94. The van der Waals surface area contributed by atoms with Crippen molar-refractivity contribution in [2.45, 2.75) is 39.0 Å². The van der Waals surface area contributed by atoms with Crippen LogP contribution in [0.25, 0.3) is 11.4 Å². The monoisotopic (exact) mass is 433 g/mol. The Morgan fingerprint density at radius 1 is 1.19 bits per heavy atom. The zero-order valence-electron chi connectivity index (χ0n) is 18.2. The predicted octanol–water partition coefficient (Wildman–Crippen LogP) is 3.64. The summed E-state index contributed by atoms with van der Waals surface area (Å²) in [6, 6.07) is 13.3. The highest BCUT2D eigenvalue weighted by atomic mass is 16.5. The number of piperidine rings is 1. The second-order valence-corrected chi connectivity index (χ2v) is 8.12. The van der Waals surface area contributed by atoms with Crippen molar-refractivity contribution in [3.05, 3.63) is 60.1 Å². The Morgan fingerprint density at radius 2 is 2.03 bits per heavy atom. The van der Waals surface area contributed by atoms with Crippen LogP contribution in [0.5, 0.6) is 0 Å². The van der Waals surface area contributed by atoms with Crippen LogP contribution in [-0.2, 0) is 16.0 Å². The predicted molar refractivity (Wildman–Crippen MR) is 120 cm³/mol. The summed E-state index contributed by atoms with van der Waals surface area (Å²) in [5.74, 6) is 1.37. The molecule has 166 valence electrons. The van der Waals surface area contributed by atoms with Crippen LogP contribution in [-0.4, -0.2) is 44.9 Å². The molecule has 1 aliphatic rings. The lowest BCUT2D eigenvalue weighted by Gasteiger charge is -2.32. The molecule has 3 heterocycles. The second-order valence-electron chi connectivity index (χ2n) is 8.12. The van der Waals surface area contributed by atoms with Crippen LogP contribution >= 0.6 is 0 Å². The van der Waals surface area contributed by atoms with Crippen molar-refractivity contribution >= 4 is 17.6 Å². The van der Waals surface area contributed by atoms with E-state index in [1.165, 1.54) is 0 Å². The summed E-state index contributed by atoms with van der Waals surface area (Å²) in [5, 5.41) is 6.87. The van der Waals surface area contributed by atoms with Crippen LogP contribution in [0.15, 0.2) is 53.2 Å². The molecule has 8 heteroatoms. The van der Waals surface area contributed by atoms with Crippen molar-refractivity contribution in [1.29, 1.82) is 0 Å². The number of likely N-dealkylation sites (tertiary alicyclic amines) is 1. The molecule has 0 spiro atoms. The summed E-state index contributed by atoms with van der Waals surface area (Å²) in [6.45, 7) is 3.07. The number of nitrogens with one attached hydrogen (secondary N) is 1. The van der Waals surface area contributed by atoms with E-state index in [2.05, 4.69) is 20.4 Å². The van der Waals surface area contributed by atoms with E-state index in [9.17, 15) is 9.59 Å². The van der Waals surface area contributed by atoms with E-state index in [0.717, 1.165) is 24.0 Å².